The summed E-state index contributed by atoms with van der Waals surface area (Å²) in [7, 11) is 1.93. The van der Waals surface area contributed by atoms with Crippen molar-refractivity contribution in [3.05, 3.63) is 5.69 Å². The lowest BCUT2D eigenvalue weighted by Crippen LogP contribution is -2.26. The Morgan fingerprint density at radius 1 is 1.18 bits per heavy atom. The van der Waals surface area contributed by atoms with Crippen LogP contribution in [-0.4, -0.2) is 34.6 Å². The lowest BCUT2D eigenvalue weighted by atomic mass is 10.2. The predicted molar refractivity (Wildman–Crippen MR) is 74.5 cm³/mol. The van der Waals surface area contributed by atoms with Crippen molar-refractivity contribution < 1.29 is 0 Å². The Hall–Kier alpha value is -0.680. The van der Waals surface area contributed by atoms with Gasteiger partial charge in [0.1, 0.15) is 10.7 Å². The van der Waals surface area contributed by atoms with Gasteiger partial charge in [-0.3, -0.25) is 4.90 Å². The van der Waals surface area contributed by atoms with Gasteiger partial charge in [0.05, 0.1) is 0 Å². The van der Waals surface area contributed by atoms with E-state index in [4.69, 9.17) is 0 Å². The van der Waals surface area contributed by atoms with Gasteiger partial charge in [-0.1, -0.05) is 31.2 Å². The lowest BCUT2D eigenvalue weighted by Gasteiger charge is -2.21. The van der Waals surface area contributed by atoms with Crippen LogP contribution in [0.15, 0.2) is 0 Å². The molecule has 1 aromatic rings. The van der Waals surface area contributed by atoms with E-state index in [1.807, 2.05) is 7.05 Å². The molecule has 0 fully saturated rings. The molecule has 0 aliphatic rings. The topological polar surface area (TPSA) is 41.1 Å². The number of anilines is 1. The van der Waals surface area contributed by atoms with Crippen LogP contribution in [0, 0.1) is 0 Å². The first kappa shape index (κ1) is 14.4. The van der Waals surface area contributed by atoms with E-state index in [2.05, 4.69) is 33.7 Å². The predicted octanol–water partition coefficient (Wildman–Crippen LogP) is 2.98. The lowest BCUT2D eigenvalue weighted by molar-refractivity contribution is 0.254. The molecule has 17 heavy (non-hydrogen) atoms. The van der Waals surface area contributed by atoms with Gasteiger partial charge >= 0.3 is 0 Å². The summed E-state index contributed by atoms with van der Waals surface area (Å²) in [5, 5.41) is 8.47. The summed E-state index contributed by atoms with van der Waals surface area (Å²) in [5.41, 5.74) is 1.09. The Kier molecular flexibility index (Phi) is 7.12. The highest BCUT2D eigenvalue weighted by Gasteiger charge is 2.11. The maximum Gasteiger partial charge on any atom is 0.134 e. The molecule has 1 aromatic heterocycles. The zero-order valence-corrected chi connectivity index (χ0v) is 12.0. The van der Waals surface area contributed by atoms with Gasteiger partial charge in [0.2, 0.25) is 0 Å². The second-order valence-electron chi connectivity index (χ2n) is 4.28. The summed E-state index contributed by atoms with van der Waals surface area (Å²) in [6.45, 7) is 7.73. The van der Waals surface area contributed by atoms with Crippen molar-refractivity contribution in [2.75, 3.05) is 25.5 Å². The van der Waals surface area contributed by atoms with Crippen molar-refractivity contribution in [2.45, 2.75) is 46.1 Å². The molecule has 0 aliphatic heterocycles. The van der Waals surface area contributed by atoms with Crippen LogP contribution in [0.3, 0.4) is 0 Å². The smallest absolute Gasteiger partial charge is 0.134 e. The average Bonchev–Trinajstić information content (AvgIpc) is 2.79. The molecule has 0 atom stereocenters. The highest BCUT2D eigenvalue weighted by atomic mass is 32.1. The summed E-state index contributed by atoms with van der Waals surface area (Å²) < 4.78 is 4.01. The van der Waals surface area contributed by atoms with E-state index >= 15 is 0 Å². The third kappa shape index (κ3) is 5.00. The van der Waals surface area contributed by atoms with Crippen LogP contribution in [0.4, 0.5) is 5.00 Å². The van der Waals surface area contributed by atoms with E-state index in [0.717, 1.165) is 30.3 Å². The summed E-state index contributed by atoms with van der Waals surface area (Å²) in [4.78, 5) is 2.49. The summed E-state index contributed by atoms with van der Waals surface area (Å²) >= 11 is 1.44. The first-order chi connectivity index (χ1) is 8.31. The Morgan fingerprint density at radius 3 is 2.35 bits per heavy atom. The van der Waals surface area contributed by atoms with Crippen molar-refractivity contribution in [2.24, 2.45) is 0 Å². The molecule has 0 amide bonds. The SMILES string of the molecule is CCCCN(CCCC)Cc1nnsc1NC. The zero-order valence-electron chi connectivity index (χ0n) is 11.2. The number of aromatic nitrogens is 2. The molecule has 0 radical (unpaired) electrons. The van der Waals surface area contributed by atoms with Crippen molar-refractivity contribution in [1.29, 1.82) is 0 Å². The monoisotopic (exact) mass is 256 g/mol. The molecule has 1 N–H and O–H groups in total. The number of nitrogens with zero attached hydrogens (tertiary/aromatic N) is 3. The molecule has 4 nitrogen and oxygen atoms in total. The number of unbranched alkanes of at least 4 members (excludes halogenated alkanes) is 2. The van der Waals surface area contributed by atoms with E-state index in [1.54, 1.807) is 0 Å². The number of rotatable bonds is 9. The van der Waals surface area contributed by atoms with Gasteiger partial charge in [-0.15, -0.1) is 5.10 Å². The Labute approximate surface area is 109 Å². The minimum absolute atomic E-state index is 0.923. The number of nitrogens with one attached hydrogen (secondary N) is 1. The first-order valence-corrected chi connectivity index (χ1v) is 7.30. The molecular formula is C12H24N4S. The standard InChI is InChI=1S/C12H24N4S/c1-4-6-8-16(9-7-5-2)10-11-12(13-3)17-15-14-11/h13H,4-10H2,1-3H3. The fourth-order valence-corrected chi connectivity index (χ4v) is 2.27. The Balaban J connectivity index is 2.51. The number of hydrogen-bond donors (Lipinski definition) is 1. The van der Waals surface area contributed by atoms with Gasteiger partial charge in [0.15, 0.2) is 0 Å². The second-order valence-corrected chi connectivity index (χ2v) is 5.04. The fraction of sp³-hybridized carbons (Fsp3) is 0.833. The molecule has 1 rings (SSSR count). The quantitative estimate of drug-likeness (QED) is 0.737. The summed E-state index contributed by atoms with van der Waals surface area (Å²) in [6.07, 6.45) is 5.01. The van der Waals surface area contributed by atoms with Gasteiger partial charge in [0.25, 0.3) is 0 Å². The van der Waals surface area contributed by atoms with Gasteiger partial charge in [-0.2, -0.15) is 0 Å². The molecule has 1 heterocycles. The van der Waals surface area contributed by atoms with Crippen molar-refractivity contribution in [3.63, 3.8) is 0 Å². The Bertz CT molecular complexity index is 292. The zero-order chi connectivity index (χ0) is 12.5. The highest BCUT2D eigenvalue weighted by molar-refractivity contribution is 7.10. The van der Waals surface area contributed by atoms with Crippen LogP contribution in [-0.2, 0) is 6.54 Å². The third-order valence-electron chi connectivity index (χ3n) is 2.81. The average molecular weight is 256 g/mol. The molecule has 0 aliphatic carbocycles. The highest BCUT2D eigenvalue weighted by Crippen LogP contribution is 2.18. The first-order valence-electron chi connectivity index (χ1n) is 6.53. The van der Waals surface area contributed by atoms with Crippen LogP contribution in [0.2, 0.25) is 0 Å². The number of hydrogen-bond acceptors (Lipinski definition) is 5. The fourth-order valence-electron chi connectivity index (χ4n) is 1.75. The van der Waals surface area contributed by atoms with E-state index < -0.39 is 0 Å². The summed E-state index contributed by atoms with van der Waals surface area (Å²) in [5.74, 6) is 0. The largest absolute Gasteiger partial charge is 0.377 e. The van der Waals surface area contributed by atoms with Crippen LogP contribution >= 0.6 is 11.5 Å². The second kappa shape index (κ2) is 8.42. The van der Waals surface area contributed by atoms with Crippen LogP contribution in [0.25, 0.3) is 0 Å². The van der Waals surface area contributed by atoms with Crippen molar-refractivity contribution >= 4 is 16.5 Å². The molecule has 0 bridgehead atoms. The molecule has 0 saturated carbocycles. The Morgan fingerprint density at radius 2 is 1.82 bits per heavy atom. The van der Waals surface area contributed by atoms with Crippen molar-refractivity contribution in [3.8, 4) is 0 Å². The minimum Gasteiger partial charge on any atom is -0.377 e. The van der Waals surface area contributed by atoms with Crippen LogP contribution < -0.4 is 5.32 Å². The third-order valence-corrected chi connectivity index (χ3v) is 3.60. The molecule has 0 saturated heterocycles. The molecule has 0 aromatic carbocycles. The van der Waals surface area contributed by atoms with E-state index in [9.17, 15) is 0 Å². The van der Waals surface area contributed by atoms with Crippen LogP contribution in [0.5, 0.6) is 0 Å². The van der Waals surface area contributed by atoms with Gasteiger partial charge in [-0.25, -0.2) is 0 Å². The van der Waals surface area contributed by atoms with E-state index in [-0.39, 0.29) is 0 Å². The maximum atomic E-state index is 4.21. The van der Waals surface area contributed by atoms with Gasteiger partial charge < -0.3 is 5.32 Å². The molecule has 0 unspecified atom stereocenters. The van der Waals surface area contributed by atoms with Gasteiger partial charge in [-0.05, 0) is 25.9 Å². The minimum atomic E-state index is 0.923. The molecule has 0 spiro atoms. The molecule has 5 heteroatoms. The van der Waals surface area contributed by atoms with E-state index in [1.165, 1.54) is 37.2 Å². The van der Waals surface area contributed by atoms with Crippen LogP contribution in [0.1, 0.15) is 45.2 Å². The molecule has 98 valence electrons. The summed E-state index contributed by atoms with van der Waals surface area (Å²) in [6, 6.07) is 0. The van der Waals surface area contributed by atoms with E-state index in [0.29, 0.717) is 0 Å². The maximum absolute atomic E-state index is 4.21. The van der Waals surface area contributed by atoms with Gasteiger partial charge in [0, 0.05) is 25.1 Å². The van der Waals surface area contributed by atoms with Crippen molar-refractivity contribution in [1.82, 2.24) is 14.5 Å². The normalized spacial score (nSPS) is 11.1. The molecular weight excluding hydrogens is 232 g/mol.